The summed E-state index contributed by atoms with van der Waals surface area (Å²) in [5.74, 6) is 1.03. The standard InChI is InChI=1S/C22H29NO/c1-18-10-8-9-15-23(18)19(2)17-24-22-14-7-6-13-21(22)16-20-11-4-3-5-12-20/h3-7,11-14,18-19H,8-10,15-17H2,1-2H3/t18-,19+/m1/s1. The fraction of sp³-hybridized carbons (Fsp3) is 0.455. The van der Waals surface area contributed by atoms with Gasteiger partial charge in [0.25, 0.3) is 0 Å². The van der Waals surface area contributed by atoms with Gasteiger partial charge in [-0.1, -0.05) is 55.0 Å². The van der Waals surface area contributed by atoms with Crippen LogP contribution in [0.25, 0.3) is 0 Å². The molecule has 0 saturated carbocycles. The second-order valence-corrected chi connectivity index (χ2v) is 7.01. The summed E-state index contributed by atoms with van der Waals surface area (Å²) < 4.78 is 6.23. The maximum atomic E-state index is 6.23. The molecule has 2 aromatic rings. The quantitative estimate of drug-likeness (QED) is 0.748. The maximum absolute atomic E-state index is 6.23. The lowest BCUT2D eigenvalue weighted by Gasteiger charge is -2.37. The SMILES string of the molecule is C[C@@H]1CCCCN1[C@@H](C)COc1ccccc1Cc1ccccc1. The van der Waals surface area contributed by atoms with Crippen LogP contribution in [0.1, 0.15) is 44.2 Å². The van der Waals surface area contributed by atoms with Crippen LogP contribution in [0.2, 0.25) is 0 Å². The molecule has 1 heterocycles. The summed E-state index contributed by atoms with van der Waals surface area (Å²) in [5, 5.41) is 0. The highest BCUT2D eigenvalue weighted by molar-refractivity contribution is 5.37. The molecule has 1 aliphatic rings. The first-order valence-electron chi connectivity index (χ1n) is 9.24. The number of para-hydroxylation sites is 1. The number of ether oxygens (including phenoxy) is 1. The molecular formula is C22H29NO. The number of likely N-dealkylation sites (tertiary alicyclic amines) is 1. The minimum Gasteiger partial charge on any atom is -0.492 e. The zero-order valence-corrected chi connectivity index (χ0v) is 14.9. The first-order chi connectivity index (χ1) is 11.7. The Hall–Kier alpha value is -1.80. The van der Waals surface area contributed by atoms with Crippen molar-refractivity contribution in [2.24, 2.45) is 0 Å². The van der Waals surface area contributed by atoms with Crippen molar-refractivity contribution >= 4 is 0 Å². The van der Waals surface area contributed by atoms with Crippen LogP contribution in [0.5, 0.6) is 5.75 Å². The molecule has 24 heavy (non-hydrogen) atoms. The molecule has 2 atom stereocenters. The van der Waals surface area contributed by atoms with Crippen molar-refractivity contribution in [1.82, 2.24) is 4.90 Å². The third-order valence-corrected chi connectivity index (χ3v) is 5.11. The Bertz CT molecular complexity index is 625. The second-order valence-electron chi connectivity index (χ2n) is 7.01. The van der Waals surface area contributed by atoms with Crippen LogP contribution in [-0.4, -0.2) is 30.1 Å². The zero-order chi connectivity index (χ0) is 16.8. The van der Waals surface area contributed by atoms with E-state index in [4.69, 9.17) is 4.74 Å². The second kappa shape index (κ2) is 8.34. The summed E-state index contributed by atoms with van der Waals surface area (Å²) in [6.45, 7) is 6.61. The van der Waals surface area contributed by atoms with Gasteiger partial charge in [0, 0.05) is 18.5 Å². The lowest BCUT2D eigenvalue weighted by atomic mass is 10.0. The Morgan fingerprint density at radius 1 is 1.04 bits per heavy atom. The summed E-state index contributed by atoms with van der Waals surface area (Å²) >= 11 is 0. The molecule has 1 aliphatic heterocycles. The Kier molecular flexibility index (Phi) is 5.92. The van der Waals surface area contributed by atoms with E-state index in [9.17, 15) is 0 Å². The van der Waals surface area contributed by atoms with Gasteiger partial charge in [-0.25, -0.2) is 0 Å². The van der Waals surface area contributed by atoms with E-state index >= 15 is 0 Å². The van der Waals surface area contributed by atoms with E-state index in [0.29, 0.717) is 12.1 Å². The fourth-order valence-corrected chi connectivity index (χ4v) is 3.69. The van der Waals surface area contributed by atoms with Gasteiger partial charge in [-0.15, -0.1) is 0 Å². The predicted molar refractivity (Wildman–Crippen MR) is 101 cm³/mol. The Balaban J connectivity index is 1.63. The van der Waals surface area contributed by atoms with Crippen molar-refractivity contribution in [2.75, 3.05) is 13.2 Å². The van der Waals surface area contributed by atoms with Gasteiger partial charge in [-0.2, -0.15) is 0 Å². The van der Waals surface area contributed by atoms with Crippen molar-refractivity contribution in [3.05, 3.63) is 65.7 Å². The molecule has 2 nitrogen and oxygen atoms in total. The smallest absolute Gasteiger partial charge is 0.122 e. The first-order valence-corrected chi connectivity index (χ1v) is 9.24. The summed E-state index contributed by atoms with van der Waals surface area (Å²) in [7, 11) is 0. The van der Waals surface area contributed by atoms with E-state index in [1.165, 1.54) is 36.9 Å². The minimum atomic E-state index is 0.463. The Morgan fingerprint density at radius 3 is 2.58 bits per heavy atom. The van der Waals surface area contributed by atoms with Crippen LogP contribution in [0.4, 0.5) is 0 Å². The third kappa shape index (κ3) is 4.39. The van der Waals surface area contributed by atoms with Crippen molar-refractivity contribution in [2.45, 2.75) is 51.6 Å². The van der Waals surface area contributed by atoms with Gasteiger partial charge in [0.1, 0.15) is 12.4 Å². The molecule has 2 heteroatoms. The molecule has 0 amide bonds. The van der Waals surface area contributed by atoms with Crippen molar-refractivity contribution < 1.29 is 4.74 Å². The molecule has 0 unspecified atom stereocenters. The molecule has 1 saturated heterocycles. The minimum absolute atomic E-state index is 0.463. The van der Waals surface area contributed by atoms with Crippen LogP contribution < -0.4 is 4.74 Å². The number of benzene rings is 2. The average Bonchev–Trinajstić information content (AvgIpc) is 2.62. The number of rotatable bonds is 6. The first kappa shape index (κ1) is 17.0. The molecule has 0 radical (unpaired) electrons. The van der Waals surface area contributed by atoms with E-state index < -0.39 is 0 Å². The summed E-state index contributed by atoms with van der Waals surface area (Å²) in [4.78, 5) is 2.60. The van der Waals surface area contributed by atoms with E-state index in [1.807, 2.05) is 0 Å². The molecule has 0 aromatic heterocycles. The van der Waals surface area contributed by atoms with E-state index in [1.54, 1.807) is 0 Å². The summed E-state index contributed by atoms with van der Waals surface area (Å²) in [6, 6.07) is 20.2. The van der Waals surface area contributed by atoms with E-state index in [0.717, 1.165) is 18.8 Å². The lowest BCUT2D eigenvalue weighted by molar-refractivity contribution is 0.0814. The van der Waals surface area contributed by atoms with Gasteiger partial charge in [0.05, 0.1) is 0 Å². The summed E-state index contributed by atoms with van der Waals surface area (Å²) in [5.41, 5.74) is 2.59. The normalized spacial score (nSPS) is 19.8. The summed E-state index contributed by atoms with van der Waals surface area (Å²) in [6.07, 6.45) is 4.92. The third-order valence-electron chi connectivity index (χ3n) is 5.11. The van der Waals surface area contributed by atoms with Crippen molar-refractivity contribution in [3.63, 3.8) is 0 Å². The number of piperidine rings is 1. The van der Waals surface area contributed by atoms with E-state index in [2.05, 4.69) is 73.3 Å². The highest BCUT2D eigenvalue weighted by Gasteiger charge is 2.23. The van der Waals surface area contributed by atoms with Gasteiger partial charge >= 0.3 is 0 Å². The lowest BCUT2D eigenvalue weighted by Crippen LogP contribution is -2.46. The monoisotopic (exact) mass is 323 g/mol. The van der Waals surface area contributed by atoms with Gasteiger partial charge in [0.2, 0.25) is 0 Å². The highest BCUT2D eigenvalue weighted by atomic mass is 16.5. The predicted octanol–water partition coefficient (Wildman–Crippen LogP) is 4.92. The van der Waals surface area contributed by atoms with Gasteiger partial charge in [-0.3, -0.25) is 4.90 Å². The molecular weight excluding hydrogens is 294 g/mol. The number of nitrogens with zero attached hydrogens (tertiary/aromatic N) is 1. The fourth-order valence-electron chi connectivity index (χ4n) is 3.69. The maximum Gasteiger partial charge on any atom is 0.122 e. The van der Waals surface area contributed by atoms with E-state index in [-0.39, 0.29) is 0 Å². The largest absolute Gasteiger partial charge is 0.492 e. The van der Waals surface area contributed by atoms with Crippen LogP contribution >= 0.6 is 0 Å². The molecule has 0 N–H and O–H groups in total. The molecule has 0 aliphatic carbocycles. The topological polar surface area (TPSA) is 12.5 Å². The molecule has 0 bridgehead atoms. The molecule has 1 fully saturated rings. The molecule has 2 aromatic carbocycles. The zero-order valence-electron chi connectivity index (χ0n) is 14.9. The molecule has 128 valence electrons. The van der Waals surface area contributed by atoms with Gasteiger partial charge in [-0.05, 0) is 50.4 Å². The molecule has 3 rings (SSSR count). The number of hydrogen-bond acceptors (Lipinski definition) is 2. The number of hydrogen-bond donors (Lipinski definition) is 0. The van der Waals surface area contributed by atoms with Crippen LogP contribution in [0, 0.1) is 0 Å². The molecule has 0 spiro atoms. The average molecular weight is 323 g/mol. The Labute approximate surface area is 146 Å². The van der Waals surface area contributed by atoms with Crippen LogP contribution in [0.3, 0.4) is 0 Å². The van der Waals surface area contributed by atoms with Crippen molar-refractivity contribution in [1.29, 1.82) is 0 Å². The van der Waals surface area contributed by atoms with Crippen molar-refractivity contribution in [3.8, 4) is 5.75 Å². The Morgan fingerprint density at radius 2 is 1.79 bits per heavy atom. The van der Waals surface area contributed by atoms with Gasteiger partial charge in [0.15, 0.2) is 0 Å². The highest BCUT2D eigenvalue weighted by Crippen LogP contribution is 2.23. The van der Waals surface area contributed by atoms with Crippen LogP contribution in [-0.2, 0) is 6.42 Å². The van der Waals surface area contributed by atoms with Crippen LogP contribution in [0.15, 0.2) is 54.6 Å². The van der Waals surface area contributed by atoms with Gasteiger partial charge < -0.3 is 4.74 Å².